The molecular formula is C96H94GeN8Pt2-6. The van der Waals surface area contributed by atoms with Gasteiger partial charge in [0.15, 0.2) is 0 Å². The van der Waals surface area contributed by atoms with Gasteiger partial charge in [0.05, 0.1) is 0 Å². The summed E-state index contributed by atoms with van der Waals surface area (Å²) in [7, 11) is 0. The molecule has 0 saturated carbocycles. The quantitative estimate of drug-likeness (QED) is 0.100. The number of aromatic nitrogens is 4. The predicted molar refractivity (Wildman–Crippen MR) is 445 cm³/mol. The van der Waals surface area contributed by atoms with Gasteiger partial charge in [-0.25, -0.2) is 0 Å². The van der Waals surface area contributed by atoms with Crippen molar-refractivity contribution < 1.29 is 42.1 Å². The first-order valence-corrected chi connectivity index (χ1v) is 41.3. The zero-order valence-corrected chi connectivity index (χ0v) is 71.4. The standard InChI is InChI=1S/C96H94GeN8.2Pt/c1-91(2,3)63-45-47-98-89(55-63)104-81-35-21-19-33-77(81)79-43-41-71(59-87(79)104)97(72-42-44-80-78-34-20-22-36-82(78)105(88(80)60-72)90-56-64(46-48-99-90)92(4,5)6,69-29-27-31-73(57-69)100-61-102(85-39-25-23-37-83(85)100)75-51-65(93(7,8)9)49-66(52-75)94(10,11)12)70-30-28-32-74(58-70)101-62-103(86-40-26-24-38-84(86)101)76-53-67(95(13,14)15)50-68(54-76)96(16,17)18;;/h19-56,61-62H,1-18H3;;/q-6;;. The molecule has 0 unspecified atom stereocenters. The normalized spacial score (nSPS) is 13.8. The Morgan fingerprint density at radius 3 is 0.953 bits per heavy atom. The topological polar surface area (TPSA) is 48.6 Å². The molecule has 11 heteroatoms. The van der Waals surface area contributed by atoms with Crippen LogP contribution in [0.1, 0.15) is 158 Å². The van der Waals surface area contributed by atoms with Gasteiger partial charge in [-0.3, -0.25) is 0 Å². The number of benzene rings is 10. The van der Waals surface area contributed by atoms with Crippen LogP contribution in [0.3, 0.4) is 0 Å². The molecular weight excluding hydrogens is 1730 g/mol. The van der Waals surface area contributed by atoms with Gasteiger partial charge in [0.2, 0.25) is 0 Å². The van der Waals surface area contributed by atoms with Crippen molar-refractivity contribution >= 4 is 120 Å². The van der Waals surface area contributed by atoms with Crippen molar-refractivity contribution in [3.8, 4) is 11.6 Å². The number of para-hydroxylation sites is 6. The molecule has 0 saturated heterocycles. The summed E-state index contributed by atoms with van der Waals surface area (Å²) in [5.74, 6) is 1.69. The Bertz CT molecular complexity index is 5340. The Hall–Kier alpha value is -8.78. The molecule has 0 aliphatic carbocycles. The number of anilines is 8. The second kappa shape index (κ2) is 27.4. The second-order valence-electron chi connectivity index (χ2n) is 35.2. The van der Waals surface area contributed by atoms with E-state index >= 15 is 0 Å². The minimum Gasteiger partial charge on any atom is 0 e. The molecule has 10 aromatic carbocycles. The number of hydrogen-bond acceptors (Lipinski definition) is 6. The van der Waals surface area contributed by atoms with E-state index in [0.717, 1.165) is 118 Å². The first-order chi connectivity index (χ1) is 49.8. The summed E-state index contributed by atoms with van der Waals surface area (Å²) >= 11 is -4.93. The summed E-state index contributed by atoms with van der Waals surface area (Å²) in [6, 6.07) is 99.2. The summed E-state index contributed by atoms with van der Waals surface area (Å²) in [4.78, 5) is 20.0. The largest absolute Gasteiger partial charge is 0 e. The van der Waals surface area contributed by atoms with Crippen LogP contribution in [0.15, 0.2) is 231 Å². The fourth-order valence-electron chi connectivity index (χ4n) is 15.5. The maximum absolute atomic E-state index is 5.25. The van der Waals surface area contributed by atoms with Crippen LogP contribution in [0.25, 0.3) is 55.2 Å². The fraction of sp³-hybridized carbons (Fsp3) is 0.250. The van der Waals surface area contributed by atoms with E-state index in [0.29, 0.717) is 0 Å². The van der Waals surface area contributed by atoms with E-state index in [1.807, 2.05) is 12.4 Å². The van der Waals surface area contributed by atoms with Crippen LogP contribution in [0.4, 0.5) is 45.5 Å². The average molecular weight is 1820 g/mol. The third-order valence-corrected chi connectivity index (χ3v) is 30.9. The molecule has 0 fully saturated rings. The molecule has 8 nitrogen and oxygen atoms in total. The molecule has 107 heavy (non-hydrogen) atoms. The first-order valence-electron chi connectivity index (χ1n) is 37.1. The Kier molecular flexibility index (Phi) is 19.2. The maximum Gasteiger partial charge on any atom is 0 e. The number of fused-ring (bicyclic) bond motifs is 8. The summed E-state index contributed by atoms with van der Waals surface area (Å²) in [5, 5.41) is 4.45. The Balaban J connectivity index is 0.00000480. The predicted octanol–water partition coefficient (Wildman–Crippen LogP) is 21.8. The van der Waals surface area contributed by atoms with Crippen molar-refractivity contribution in [2.45, 2.75) is 157 Å². The summed E-state index contributed by atoms with van der Waals surface area (Å²) < 4.78 is 8.96. The zero-order valence-electron chi connectivity index (χ0n) is 64.8. The van der Waals surface area contributed by atoms with Gasteiger partial charge in [-0.05, 0) is 0 Å². The van der Waals surface area contributed by atoms with Gasteiger partial charge < -0.3 is 0 Å². The van der Waals surface area contributed by atoms with Crippen molar-refractivity contribution in [3.63, 3.8) is 0 Å². The second-order valence-corrected chi connectivity index (χ2v) is 42.8. The van der Waals surface area contributed by atoms with Crippen molar-refractivity contribution in [1.29, 1.82) is 0 Å². The van der Waals surface area contributed by atoms with Crippen LogP contribution in [-0.4, -0.2) is 32.4 Å². The Morgan fingerprint density at radius 2 is 0.607 bits per heavy atom. The zero-order chi connectivity index (χ0) is 73.7. The SMILES string of the molecule is CC(C)(C)c1cc(N2[CH-]N(c3[c-][c]([Ge]([c]4[c-]c(N5[CH-]N(c6cc(C(C)(C)C)cc(C(C)(C)C)c6)c6ccccc65)ccc4)([c]4[c-]c5c(cc4)c4ccccc4n5-c4cc(C(C)(C)C)ccn4)[c]4[c-]c5c(cc4)c4ccccc4n5-c4cc(C(C)(C)C)ccn4)ccc3)c3ccccc32)cc(C(C)(C)C)c1.[Pt].[Pt]. The molecule has 0 N–H and O–H groups in total. The monoisotopic (exact) mass is 1820 g/mol. The molecule has 4 aromatic heterocycles. The first kappa shape index (κ1) is 75.0. The summed E-state index contributed by atoms with van der Waals surface area (Å²) in [6.45, 7) is 46.0. The average Bonchev–Trinajstić information content (AvgIpc) is 1.69. The van der Waals surface area contributed by atoms with Gasteiger partial charge in [0.1, 0.15) is 0 Å². The van der Waals surface area contributed by atoms with E-state index in [1.165, 1.54) is 33.4 Å². The number of rotatable bonds is 10. The Morgan fingerprint density at radius 1 is 0.290 bits per heavy atom. The van der Waals surface area contributed by atoms with E-state index in [9.17, 15) is 0 Å². The summed E-state index contributed by atoms with van der Waals surface area (Å²) in [6.07, 6.45) is 3.94. The van der Waals surface area contributed by atoms with Crippen LogP contribution < -0.4 is 37.2 Å². The molecule has 0 spiro atoms. The molecule has 6 heterocycles. The van der Waals surface area contributed by atoms with Crippen molar-refractivity contribution in [2.75, 3.05) is 19.6 Å². The molecule has 0 radical (unpaired) electrons. The minimum atomic E-state index is -4.93. The van der Waals surface area contributed by atoms with Crippen molar-refractivity contribution in [2.24, 2.45) is 0 Å². The molecule has 0 atom stereocenters. The molecule has 16 rings (SSSR count). The van der Waals surface area contributed by atoms with Gasteiger partial charge in [-0.2, -0.15) is 0 Å². The van der Waals surface area contributed by atoms with Gasteiger partial charge in [-0.1, -0.05) is 0 Å². The number of nitrogens with zero attached hydrogens (tertiary/aromatic N) is 8. The van der Waals surface area contributed by atoms with Gasteiger partial charge >= 0.3 is 629 Å². The molecule has 0 amide bonds. The van der Waals surface area contributed by atoms with Crippen LogP contribution in [0.5, 0.6) is 0 Å². The molecule has 548 valence electrons. The Labute approximate surface area is 665 Å². The number of hydrogen-bond donors (Lipinski definition) is 0. The third-order valence-electron chi connectivity index (χ3n) is 21.7. The van der Waals surface area contributed by atoms with Gasteiger partial charge in [0, 0.05) is 42.1 Å². The van der Waals surface area contributed by atoms with Gasteiger partial charge in [-0.15, -0.1) is 0 Å². The van der Waals surface area contributed by atoms with Crippen molar-refractivity contribution in [3.05, 3.63) is 302 Å². The molecule has 0 bridgehead atoms. The number of pyridine rings is 2. The van der Waals surface area contributed by atoms with E-state index in [1.54, 1.807) is 0 Å². The minimum absolute atomic E-state index is 0. The van der Waals surface area contributed by atoms with Crippen LogP contribution in [-0.2, 0) is 74.6 Å². The fourth-order valence-corrected chi connectivity index (χ4v) is 24.6. The summed E-state index contributed by atoms with van der Waals surface area (Å²) in [5.41, 5.74) is 19.4. The van der Waals surface area contributed by atoms with E-state index in [4.69, 9.17) is 9.97 Å². The third kappa shape index (κ3) is 13.3. The van der Waals surface area contributed by atoms with E-state index < -0.39 is 13.3 Å². The molecule has 2 aliphatic rings. The maximum atomic E-state index is 5.25. The smallest absolute Gasteiger partial charge is 0 e. The van der Waals surface area contributed by atoms with E-state index in [-0.39, 0.29) is 74.6 Å². The molecule has 2 aliphatic heterocycles. The van der Waals surface area contributed by atoms with Crippen LogP contribution >= 0.6 is 0 Å². The van der Waals surface area contributed by atoms with Crippen LogP contribution in [0.2, 0.25) is 0 Å². The molecule has 14 aromatic rings. The van der Waals surface area contributed by atoms with E-state index in [2.05, 4.69) is 409 Å². The van der Waals surface area contributed by atoms with Crippen molar-refractivity contribution in [1.82, 2.24) is 19.1 Å². The van der Waals surface area contributed by atoms with Gasteiger partial charge in [0.25, 0.3) is 0 Å². The van der Waals surface area contributed by atoms with Crippen LogP contribution in [0, 0.1) is 37.6 Å².